The highest BCUT2D eigenvalue weighted by atomic mass is 32.2. The Kier molecular flexibility index (Phi) is 8.43. The molecule has 1 heterocycles. The normalized spacial score (nSPS) is 23.2. The van der Waals surface area contributed by atoms with Crippen molar-refractivity contribution in [3.8, 4) is 17.6 Å². The van der Waals surface area contributed by atoms with E-state index in [-0.39, 0.29) is 35.6 Å². The van der Waals surface area contributed by atoms with Gasteiger partial charge in [0.1, 0.15) is 16.7 Å². The van der Waals surface area contributed by atoms with E-state index >= 15 is 0 Å². The molecule has 1 saturated carbocycles. The Bertz CT molecular complexity index is 1010. The van der Waals surface area contributed by atoms with Gasteiger partial charge >= 0.3 is 0 Å². The highest BCUT2D eigenvalue weighted by Crippen LogP contribution is 2.35. The number of ether oxygens (including phenoxy) is 1. The maximum Gasteiger partial charge on any atom is 0.247 e. The molecule has 1 aliphatic heterocycles. The zero-order chi connectivity index (χ0) is 24.2. The Labute approximate surface area is 198 Å². The number of carbonyl (C=O) groups excluding carboxylic acids is 1. The van der Waals surface area contributed by atoms with Crippen LogP contribution in [-0.2, 0) is 14.8 Å². The monoisotopic (exact) mass is 476 g/mol. The molecule has 0 radical (unpaired) electrons. The minimum Gasteiger partial charge on any atom is -0.487 e. The summed E-state index contributed by atoms with van der Waals surface area (Å²) in [5.74, 6) is 6.78. The molecule has 0 bridgehead atoms. The van der Waals surface area contributed by atoms with Gasteiger partial charge in [-0.3, -0.25) is 4.79 Å². The van der Waals surface area contributed by atoms with Gasteiger partial charge in [0.2, 0.25) is 15.9 Å². The molecule has 1 fully saturated rings. The number of hydrogen-bond acceptors (Lipinski definition) is 5. The molecule has 3 atom stereocenters. The van der Waals surface area contributed by atoms with E-state index in [2.05, 4.69) is 18.8 Å². The number of nitrogens with zero attached hydrogens (tertiary/aromatic N) is 2. The van der Waals surface area contributed by atoms with Crippen LogP contribution < -0.4 is 4.74 Å². The van der Waals surface area contributed by atoms with Crippen LogP contribution in [0.2, 0.25) is 0 Å². The molecule has 7 nitrogen and oxygen atoms in total. The van der Waals surface area contributed by atoms with Gasteiger partial charge in [-0.1, -0.05) is 25.7 Å². The molecule has 1 amide bonds. The van der Waals surface area contributed by atoms with Gasteiger partial charge in [0, 0.05) is 44.0 Å². The first-order valence-electron chi connectivity index (χ1n) is 11.8. The quantitative estimate of drug-likeness (QED) is 0.612. The number of rotatable bonds is 7. The lowest BCUT2D eigenvalue weighted by Crippen LogP contribution is -2.50. The van der Waals surface area contributed by atoms with E-state index in [1.807, 2.05) is 6.92 Å². The van der Waals surface area contributed by atoms with Crippen LogP contribution in [0.25, 0.3) is 0 Å². The summed E-state index contributed by atoms with van der Waals surface area (Å²) in [6.07, 6.45) is 4.06. The van der Waals surface area contributed by atoms with E-state index in [0.717, 1.165) is 25.7 Å². The van der Waals surface area contributed by atoms with Crippen LogP contribution in [0.4, 0.5) is 0 Å². The van der Waals surface area contributed by atoms with Gasteiger partial charge < -0.3 is 14.7 Å². The van der Waals surface area contributed by atoms with Gasteiger partial charge in [-0.05, 0) is 50.3 Å². The molecular weight excluding hydrogens is 440 g/mol. The summed E-state index contributed by atoms with van der Waals surface area (Å²) in [5.41, 5.74) is 0.685. The summed E-state index contributed by atoms with van der Waals surface area (Å²) < 4.78 is 34.6. The molecule has 1 aromatic rings. The lowest BCUT2D eigenvalue weighted by molar-refractivity contribution is -0.131. The maximum absolute atomic E-state index is 13.5. The number of likely N-dealkylation sites (N-methyl/N-ethyl adjacent to an activating group) is 1. The second-order valence-corrected chi connectivity index (χ2v) is 11.2. The van der Waals surface area contributed by atoms with Gasteiger partial charge in [-0.2, -0.15) is 4.31 Å². The fourth-order valence-electron chi connectivity index (χ4n) is 3.91. The number of sulfonamides is 1. The average Bonchev–Trinajstić information content (AvgIpc) is 3.59. The number of unbranched alkanes of at least 4 members (excludes halogenated alkanes) is 1. The highest BCUT2D eigenvalue weighted by Gasteiger charge is 2.38. The van der Waals surface area contributed by atoms with E-state index in [1.165, 1.54) is 10.4 Å². The summed E-state index contributed by atoms with van der Waals surface area (Å²) >= 11 is 0. The topological polar surface area (TPSA) is 87.2 Å². The minimum atomic E-state index is -3.89. The van der Waals surface area contributed by atoms with E-state index in [4.69, 9.17) is 4.74 Å². The van der Waals surface area contributed by atoms with Crippen molar-refractivity contribution >= 4 is 15.9 Å². The fourth-order valence-corrected chi connectivity index (χ4v) is 5.73. The van der Waals surface area contributed by atoms with Crippen molar-refractivity contribution in [2.75, 3.05) is 26.7 Å². The molecular formula is C25H36N2O5S. The molecule has 3 rings (SSSR count). The standard InChI is InChI=1S/C25H36N2O5S/c1-5-6-7-8-20-11-12-24-22(13-20)32-23(16-26(4)25(29)14-21-9-10-21)18(2)15-27(19(3)17-28)33(24,30)31/h11-13,18-19,21,23,28H,5-6,9-10,14-17H2,1-4H3/t18-,19+,23-/m0/s1. The third-order valence-corrected chi connectivity index (χ3v) is 8.33. The third-order valence-electron chi connectivity index (χ3n) is 6.31. The minimum absolute atomic E-state index is 0.0627. The van der Waals surface area contributed by atoms with Crippen LogP contribution >= 0.6 is 0 Å². The number of hydrogen-bond donors (Lipinski definition) is 1. The van der Waals surface area contributed by atoms with E-state index < -0.39 is 22.2 Å². The fraction of sp³-hybridized carbons (Fsp3) is 0.640. The Balaban J connectivity index is 1.97. The van der Waals surface area contributed by atoms with Crippen LogP contribution in [0.3, 0.4) is 0 Å². The average molecular weight is 477 g/mol. The van der Waals surface area contributed by atoms with Gasteiger partial charge in [0.15, 0.2) is 0 Å². The second kappa shape index (κ2) is 10.9. The highest BCUT2D eigenvalue weighted by molar-refractivity contribution is 7.89. The van der Waals surface area contributed by atoms with Crippen LogP contribution in [0.5, 0.6) is 5.75 Å². The first-order chi connectivity index (χ1) is 15.7. The summed E-state index contributed by atoms with van der Waals surface area (Å²) in [4.78, 5) is 14.4. The molecule has 8 heteroatoms. The molecule has 1 aromatic carbocycles. The largest absolute Gasteiger partial charge is 0.487 e. The molecule has 1 N–H and O–H groups in total. The first kappa shape index (κ1) is 25.5. The van der Waals surface area contributed by atoms with E-state index in [1.54, 1.807) is 31.0 Å². The number of fused-ring (bicyclic) bond motifs is 1. The van der Waals surface area contributed by atoms with Crippen LogP contribution in [0.1, 0.15) is 58.4 Å². The van der Waals surface area contributed by atoms with E-state index in [9.17, 15) is 18.3 Å². The Hall–Kier alpha value is -2.08. The van der Waals surface area contributed by atoms with Crippen molar-refractivity contribution in [2.24, 2.45) is 11.8 Å². The van der Waals surface area contributed by atoms with Gasteiger partial charge in [0.05, 0.1) is 13.2 Å². The SMILES string of the molecule is CCCC#Cc1ccc2c(c1)O[C@@H](CN(C)C(=O)CC1CC1)[C@@H](C)CN([C@H](C)CO)S2(=O)=O. The van der Waals surface area contributed by atoms with Gasteiger partial charge in [-0.15, -0.1) is 0 Å². The number of aliphatic hydroxyl groups excluding tert-OH is 1. The molecule has 182 valence electrons. The second-order valence-electron chi connectivity index (χ2n) is 9.37. The first-order valence-corrected chi connectivity index (χ1v) is 13.3. The van der Waals surface area contributed by atoms with Crippen molar-refractivity contribution in [2.45, 2.75) is 69.9 Å². The number of aliphatic hydroxyl groups is 1. The summed E-state index contributed by atoms with van der Waals surface area (Å²) in [7, 11) is -2.11. The molecule has 0 saturated heterocycles. The van der Waals surface area contributed by atoms with Crippen LogP contribution in [-0.4, -0.2) is 67.5 Å². The maximum atomic E-state index is 13.5. The summed E-state index contributed by atoms with van der Waals surface area (Å²) in [6, 6.07) is 4.32. The van der Waals surface area contributed by atoms with Crippen molar-refractivity contribution < 1.29 is 23.1 Å². The molecule has 2 aliphatic rings. The Morgan fingerprint density at radius 1 is 1.36 bits per heavy atom. The van der Waals surface area contributed by atoms with Crippen molar-refractivity contribution in [3.63, 3.8) is 0 Å². The molecule has 0 aromatic heterocycles. The molecule has 1 aliphatic carbocycles. The molecule has 0 unspecified atom stereocenters. The third kappa shape index (κ3) is 6.28. The lowest BCUT2D eigenvalue weighted by atomic mass is 10.0. The molecule has 0 spiro atoms. The smallest absolute Gasteiger partial charge is 0.247 e. The number of carbonyl (C=O) groups is 1. The van der Waals surface area contributed by atoms with Crippen molar-refractivity contribution in [1.82, 2.24) is 9.21 Å². The Morgan fingerprint density at radius 3 is 2.73 bits per heavy atom. The number of benzene rings is 1. The zero-order valence-corrected chi connectivity index (χ0v) is 20.9. The Morgan fingerprint density at radius 2 is 2.09 bits per heavy atom. The van der Waals surface area contributed by atoms with E-state index in [0.29, 0.717) is 24.4 Å². The molecule has 33 heavy (non-hydrogen) atoms. The number of amides is 1. The lowest BCUT2D eigenvalue weighted by Gasteiger charge is -2.37. The van der Waals surface area contributed by atoms with Gasteiger partial charge in [-0.25, -0.2) is 8.42 Å². The van der Waals surface area contributed by atoms with Crippen molar-refractivity contribution in [3.05, 3.63) is 23.8 Å². The zero-order valence-electron chi connectivity index (χ0n) is 20.1. The van der Waals surface area contributed by atoms with Crippen LogP contribution in [0, 0.1) is 23.7 Å². The predicted octanol–water partition coefficient (Wildman–Crippen LogP) is 2.87. The van der Waals surface area contributed by atoms with Crippen LogP contribution in [0.15, 0.2) is 23.1 Å². The van der Waals surface area contributed by atoms with Crippen molar-refractivity contribution in [1.29, 1.82) is 0 Å². The summed E-state index contributed by atoms with van der Waals surface area (Å²) in [5, 5.41) is 9.75. The predicted molar refractivity (Wildman–Crippen MR) is 127 cm³/mol. The summed E-state index contributed by atoms with van der Waals surface area (Å²) in [6.45, 7) is 5.93. The van der Waals surface area contributed by atoms with Gasteiger partial charge in [0.25, 0.3) is 0 Å².